The van der Waals surface area contributed by atoms with Crippen LogP contribution in [0.2, 0.25) is 0 Å². The van der Waals surface area contributed by atoms with Gasteiger partial charge in [-0.25, -0.2) is 4.79 Å². The van der Waals surface area contributed by atoms with E-state index in [-0.39, 0.29) is 6.03 Å². The molecule has 2 unspecified atom stereocenters. The van der Waals surface area contributed by atoms with Crippen LogP contribution in [0.25, 0.3) is 0 Å². The Kier molecular flexibility index (Phi) is 5.36. The first-order chi connectivity index (χ1) is 8.90. The van der Waals surface area contributed by atoms with Gasteiger partial charge in [-0.05, 0) is 26.3 Å². The molecule has 0 aromatic heterocycles. The van der Waals surface area contributed by atoms with Gasteiger partial charge >= 0.3 is 12.0 Å². The number of hydrogen-bond acceptors (Lipinski definition) is 2. The minimum absolute atomic E-state index is 0.359. The molecule has 0 heterocycles. The van der Waals surface area contributed by atoms with Crippen molar-refractivity contribution in [1.82, 2.24) is 10.6 Å². The van der Waals surface area contributed by atoms with Crippen molar-refractivity contribution in [2.24, 2.45) is 5.92 Å². The van der Waals surface area contributed by atoms with E-state index >= 15 is 0 Å². The van der Waals surface area contributed by atoms with Gasteiger partial charge in [0.25, 0.3) is 0 Å². The van der Waals surface area contributed by atoms with E-state index in [0.717, 1.165) is 11.1 Å². The Morgan fingerprint density at radius 2 is 2.00 bits per heavy atom. The maximum atomic E-state index is 11.6. The van der Waals surface area contributed by atoms with E-state index in [1.165, 1.54) is 0 Å². The lowest BCUT2D eigenvalue weighted by atomic mass is 10.0. The summed E-state index contributed by atoms with van der Waals surface area (Å²) >= 11 is 0. The van der Waals surface area contributed by atoms with Crippen LogP contribution >= 0.6 is 0 Å². The number of hydrogen-bond donors (Lipinski definition) is 3. The number of aryl methyl sites for hydroxylation is 1. The van der Waals surface area contributed by atoms with Gasteiger partial charge in [-0.15, -0.1) is 0 Å². The smallest absolute Gasteiger partial charge is 0.315 e. The third-order valence-corrected chi connectivity index (χ3v) is 3.03. The first-order valence-electron chi connectivity index (χ1n) is 6.23. The second kappa shape index (κ2) is 6.78. The third-order valence-electron chi connectivity index (χ3n) is 3.03. The van der Waals surface area contributed by atoms with Crippen molar-refractivity contribution in [3.63, 3.8) is 0 Å². The number of benzene rings is 1. The molecular weight excluding hydrogens is 244 g/mol. The van der Waals surface area contributed by atoms with Crippen LogP contribution < -0.4 is 10.6 Å². The number of amides is 2. The summed E-state index contributed by atoms with van der Waals surface area (Å²) in [6.07, 6.45) is 0. The topological polar surface area (TPSA) is 78.4 Å². The van der Waals surface area contributed by atoms with Crippen LogP contribution in [0.4, 0.5) is 4.79 Å². The molecule has 5 nitrogen and oxygen atoms in total. The van der Waals surface area contributed by atoms with Crippen LogP contribution in [0.5, 0.6) is 0 Å². The zero-order valence-corrected chi connectivity index (χ0v) is 11.4. The van der Waals surface area contributed by atoms with E-state index in [4.69, 9.17) is 5.11 Å². The molecule has 0 aliphatic heterocycles. The van der Waals surface area contributed by atoms with Crippen molar-refractivity contribution in [3.05, 3.63) is 35.4 Å². The highest BCUT2D eigenvalue weighted by atomic mass is 16.4. The molecule has 19 heavy (non-hydrogen) atoms. The number of nitrogens with one attached hydrogen (secondary N) is 2. The van der Waals surface area contributed by atoms with Crippen molar-refractivity contribution in [2.75, 3.05) is 0 Å². The highest BCUT2D eigenvalue weighted by Crippen LogP contribution is 2.04. The summed E-state index contributed by atoms with van der Waals surface area (Å²) in [5.41, 5.74) is 2.14. The van der Waals surface area contributed by atoms with E-state index in [1.54, 1.807) is 13.8 Å². The number of urea groups is 1. The molecule has 0 spiro atoms. The van der Waals surface area contributed by atoms with Gasteiger partial charge in [-0.1, -0.05) is 29.8 Å². The minimum Gasteiger partial charge on any atom is -0.481 e. The summed E-state index contributed by atoms with van der Waals surface area (Å²) in [6.45, 7) is 5.64. The molecule has 104 valence electrons. The van der Waals surface area contributed by atoms with Crippen LogP contribution in [0.1, 0.15) is 25.0 Å². The lowest BCUT2D eigenvalue weighted by Gasteiger charge is -2.18. The average molecular weight is 264 g/mol. The number of aliphatic carboxylic acids is 1. The molecule has 2 amide bonds. The molecule has 0 aliphatic carbocycles. The molecule has 1 aromatic rings. The number of rotatable bonds is 5. The molecular formula is C14H20N2O3. The number of carbonyl (C=O) groups is 2. The van der Waals surface area contributed by atoms with E-state index < -0.39 is 17.9 Å². The van der Waals surface area contributed by atoms with Gasteiger partial charge in [0.05, 0.1) is 5.92 Å². The lowest BCUT2D eigenvalue weighted by Crippen LogP contribution is -2.45. The Labute approximate surface area is 113 Å². The fourth-order valence-electron chi connectivity index (χ4n) is 1.60. The fourth-order valence-corrected chi connectivity index (χ4v) is 1.60. The second-order valence-electron chi connectivity index (χ2n) is 4.73. The zero-order chi connectivity index (χ0) is 14.4. The summed E-state index contributed by atoms with van der Waals surface area (Å²) in [4.78, 5) is 22.4. The molecule has 0 radical (unpaired) electrons. The Morgan fingerprint density at radius 1 is 1.32 bits per heavy atom. The summed E-state index contributed by atoms with van der Waals surface area (Å²) in [5, 5.41) is 14.2. The lowest BCUT2D eigenvalue weighted by molar-refractivity contribution is -0.141. The third kappa shape index (κ3) is 4.99. The summed E-state index contributed by atoms with van der Waals surface area (Å²) < 4.78 is 0. The Morgan fingerprint density at radius 3 is 2.58 bits per heavy atom. The van der Waals surface area contributed by atoms with Gasteiger partial charge in [0.1, 0.15) is 0 Å². The molecule has 5 heteroatoms. The van der Waals surface area contributed by atoms with E-state index in [9.17, 15) is 9.59 Å². The second-order valence-corrected chi connectivity index (χ2v) is 4.73. The highest BCUT2D eigenvalue weighted by Gasteiger charge is 2.20. The molecule has 0 fully saturated rings. The molecule has 0 aliphatic rings. The van der Waals surface area contributed by atoms with Crippen molar-refractivity contribution >= 4 is 12.0 Å². The molecule has 1 rings (SSSR count). The van der Waals surface area contributed by atoms with Crippen LogP contribution in [0.15, 0.2) is 24.3 Å². The van der Waals surface area contributed by atoms with Crippen LogP contribution in [-0.2, 0) is 11.3 Å². The van der Waals surface area contributed by atoms with Gasteiger partial charge in [0.2, 0.25) is 0 Å². The Hall–Kier alpha value is -2.04. The number of carbonyl (C=O) groups excluding carboxylic acids is 1. The average Bonchev–Trinajstić information content (AvgIpc) is 2.35. The Bertz CT molecular complexity index is 460. The SMILES string of the molecule is Cc1cccc(CNC(=O)NC(C)C(C)C(=O)O)c1. The first kappa shape index (κ1) is 15.0. The van der Waals surface area contributed by atoms with Gasteiger partial charge in [0.15, 0.2) is 0 Å². The largest absolute Gasteiger partial charge is 0.481 e. The number of carboxylic acids is 1. The predicted octanol–water partition coefficient (Wildman–Crippen LogP) is 1.90. The predicted molar refractivity (Wildman–Crippen MR) is 72.8 cm³/mol. The normalized spacial score (nSPS) is 13.4. The maximum absolute atomic E-state index is 11.6. The number of carboxylic acid groups (broad SMARTS) is 1. The van der Waals surface area contributed by atoms with E-state index in [0.29, 0.717) is 6.54 Å². The quantitative estimate of drug-likeness (QED) is 0.760. The van der Waals surface area contributed by atoms with Crippen LogP contribution in [0.3, 0.4) is 0 Å². The molecule has 0 saturated heterocycles. The van der Waals surface area contributed by atoms with Crippen molar-refractivity contribution < 1.29 is 14.7 Å². The standard InChI is InChI=1S/C14H20N2O3/c1-9-5-4-6-12(7-9)8-15-14(19)16-11(3)10(2)13(17)18/h4-7,10-11H,8H2,1-3H3,(H,17,18)(H2,15,16,19). The van der Waals surface area contributed by atoms with Crippen LogP contribution in [0, 0.1) is 12.8 Å². The van der Waals surface area contributed by atoms with Crippen LogP contribution in [-0.4, -0.2) is 23.1 Å². The van der Waals surface area contributed by atoms with Crippen molar-refractivity contribution in [2.45, 2.75) is 33.4 Å². The zero-order valence-electron chi connectivity index (χ0n) is 11.4. The van der Waals surface area contributed by atoms with Gasteiger partial charge in [0, 0.05) is 12.6 Å². The fraction of sp³-hybridized carbons (Fsp3) is 0.429. The molecule has 0 bridgehead atoms. The summed E-state index contributed by atoms with van der Waals surface area (Å²) in [5.74, 6) is -1.55. The molecule has 3 N–H and O–H groups in total. The van der Waals surface area contributed by atoms with E-state index in [1.807, 2.05) is 31.2 Å². The van der Waals surface area contributed by atoms with E-state index in [2.05, 4.69) is 10.6 Å². The van der Waals surface area contributed by atoms with Crippen molar-refractivity contribution in [3.8, 4) is 0 Å². The van der Waals surface area contributed by atoms with Gasteiger partial charge in [-0.2, -0.15) is 0 Å². The van der Waals surface area contributed by atoms with Gasteiger partial charge < -0.3 is 15.7 Å². The van der Waals surface area contributed by atoms with Gasteiger partial charge in [-0.3, -0.25) is 4.79 Å². The summed E-state index contributed by atoms with van der Waals surface area (Å²) in [6, 6.07) is 7.05. The maximum Gasteiger partial charge on any atom is 0.315 e. The van der Waals surface area contributed by atoms with Crippen molar-refractivity contribution in [1.29, 1.82) is 0 Å². The first-order valence-corrected chi connectivity index (χ1v) is 6.23. The Balaban J connectivity index is 2.42. The molecule has 2 atom stereocenters. The minimum atomic E-state index is -0.925. The summed E-state index contributed by atoms with van der Waals surface area (Å²) in [7, 11) is 0. The molecule has 0 saturated carbocycles. The highest BCUT2D eigenvalue weighted by molar-refractivity contribution is 5.76. The molecule has 1 aromatic carbocycles. The monoisotopic (exact) mass is 264 g/mol.